The molecule has 0 saturated carbocycles. The van der Waals surface area contributed by atoms with Crippen LogP contribution in [0.5, 0.6) is 0 Å². The van der Waals surface area contributed by atoms with Crippen LogP contribution in [0.25, 0.3) is 0 Å². The van der Waals surface area contributed by atoms with E-state index < -0.39 is 0 Å². The molecule has 0 aliphatic heterocycles. The predicted octanol–water partition coefficient (Wildman–Crippen LogP) is 5.03. The van der Waals surface area contributed by atoms with Gasteiger partial charge in [0.15, 0.2) is 0 Å². The third-order valence-corrected chi connectivity index (χ3v) is 3.53. The summed E-state index contributed by atoms with van der Waals surface area (Å²) in [5.74, 6) is 0. The number of nitrogens with zero attached hydrogens (tertiary/aromatic N) is 3. The van der Waals surface area contributed by atoms with Gasteiger partial charge >= 0.3 is 0 Å². The highest BCUT2D eigenvalue weighted by atomic mass is 15.3. The maximum absolute atomic E-state index is 2.44. The third kappa shape index (κ3) is 22.2. The first-order valence-electron chi connectivity index (χ1n) is 9.21. The van der Waals surface area contributed by atoms with Crippen molar-refractivity contribution < 1.29 is 0 Å². The summed E-state index contributed by atoms with van der Waals surface area (Å²) in [6.07, 6.45) is 1.25. The van der Waals surface area contributed by atoms with Crippen LogP contribution in [0.3, 0.4) is 0 Å². The summed E-state index contributed by atoms with van der Waals surface area (Å²) >= 11 is 0. The van der Waals surface area contributed by atoms with Gasteiger partial charge in [0.1, 0.15) is 0 Å². The first kappa shape index (κ1) is 29.8. The molecule has 0 spiro atoms. The van der Waals surface area contributed by atoms with E-state index in [1.54, 1.807) is 0 Å². The fourth-order valence-electron chi connectivity index (χ4n) is 1.80. The topological polar surface area (TPSA) is 9.72 Å². The van der Waals surface area contributed by atoms with Gasteiger partial charge in [0.05, 0.1) is 6.67 Å². The average Bonchev–Trinajstić information content (AvgIpc) is 2.52. The van der Waals surface area contributed by atoms with E-state index in [4.69, 9.17) is 0 Å². The molecule has 0 aliphatic carbocycles. The minimum atomic E-state index is 0. The first-order valence-corrected chi connectivity index (χ1v) is 9.21. The van der Waals surface area contributed by atoms with E-state index in [1.807, 2.05) is 0 Å². The molecule has 0 aliphatic rings. The molecule has 0 aromatic heterocycles. The largest absolute Gasteiger partial charge is 0.304 e. The standard InChI is InChI=1S/C9H22N2.C6H15N.C3H8.CH4/c1-5-10(6-2)9-11(7-3)8-4;1-4-7(5-2)6-3;1-3-2;/h5-9H2,1-4H3;4-6H2,1-3H3;3H2,1-2H3;1H4. The van der Waals surface area contributed by atoms with E-state index in [1.165, 1.54) is 26.1 Å². The summed E-state index contributed by atoms with van der Waals surface area (Å²) < 4.78 is 0. The summed E-state index contributed by atoms with van der Waals surface area (Å²) in [5.41, 5.74) is 0. The Morgan fingerprint density at radius 1 is 0.409 bits per heavy atom. The van der Waals surface area contributed by atoms with Crippen molar-refractivity contribution in [3.05, 3.63) is 0 Å². The molecule has 22 heavy (non-hydrogen) atoms. The fourth-order valence-corrected chi connectivity index (χ4v) is 1.80. The van der Waals surface area contributed by atoms with Crippen molar-refractivity contribution in [2.75, 3.05) is 52.5 Å². The lowest BCUT2D eigenvalue weighted by atomic mass is 10.5. The lowest BCUT2D eigenvalue weighted by molar-refractivity contribution is 0.152. The van der Waals surface area contributed by atoms with E-state index >= 15 is 0 Å². The second-order valence-corrected chi connectivity index (χ2v) is 5.07. The summed E-state index contributed by atoms with van der Waals surface area (Å²) in [6, 6.07) is 0. The molecule has 3 nitrogen and oxygen atoms in total. The van der Waals surface area contributed by atoms with Gasteiger partial charge in [-0.2, -0.15) is 0 Å². The zero-order valence-electron chi connectivity index (χ0n) is 16.7. The zero-order chi connectivity index (χ0) is 17.1. The molecule has 140 valence electrons. The van der Waals surface area contributed by atoms with Gasteiger partial charge in [-0.15, -0.1) is 0 Å². The Bertz CT molecular complexity index is 135. The van der Waals surface area contributed by atoms with Gasteiger partial charge in [-0.05, 0) is 45.8 Å². The predicted molar refractivity (Wildman–Crippen MR) is 107 cm³/mol. The van der Waals surface area contributed by atoms with E-state index in [0.29, 0.717) is 0 Å². The van der Waals surface area contributed by atoms with Crippen LogP contribution in [0.1, 0.15) is 76.2 Å². The van der Waals surface area contributed by atoms with Crippen molar-refractivity contribution in [1.82, 2.24) is 14.7 Å². The molecule has 0 amide bonds. The van der Waals surface area contributed by atoms with Crippen LogP contribution in [0.4, 0.5) is 0 Å². The van der Waals surface area contributed by atoms with Crippen LogP contribution in [-0.2, 0) is 0 Å². The highest BCUT2D eigenvalue weighted by Gasteiger charge is 2.03. The van der Waals surface area contributed by atoms with Gasteiger partial charge in [0.25, 0.3) is 0 Å². The van der Waals surface area contributed by atoms with Crippen LogP contribution in [0.2, 0.25) is 0 Å². The van der Waals surface area contributed by atoms with Crippen molar-refractivity contribution in [3.63, 3.8) is 0 Å². The molecule has 0 bridgehead atoms. The molecule has 0 aromatic rings. The van der Waals surface area contributed by atoms with Gasteiger partial charge in [0, 0.05) is 0 Å². The van der Waals surface area contributed by atoms with Crippen LogP contribution in [0.15, 0.2) is 0 Å². The van der Waals surface area contributed by atoms with Gasteiger partial charge in [-0.3, -0.25) is 9.80 Å². The third-order valence-electron chi connectivity index (χ3n) is 3.53. The molecular formula is C19H49N3. The molecule has 0 atom stereocenters. The fraction of sp³-hybridized carbons (Fsp3) is 1.00. The van der Waals surface area contributed by atoms with Crippen molar-refractivity contribution in [2.24, 2.45) is 0 Å². The van der Waals surface area contributed by atoms with Crippen LogP contribution in [0, 0.1) is 0 Å². The Balaban J connectivity index is -0.000000127. The lowest BCUT2D eigenvalue weighted by Gasteiger charge is -2.26. The first-order chi connectivity index (χ1) is 10.0. The quantitative estimate of drug-likeness (QED) is 0.552. The highest BCUT2D eigenvalue weighted by molar-refractivity contribution is 4.53. The molecule has 0 unspecified atom stereocenters. The molecule has 0 aromatic carbocycles. The molecule has 0 N–H and O–H groups in total. The van der Waals surface area contributed by atoms with Crippen LogP contribution >= 0.6 is 0 Å². The van der Waals surface area contributed by atoms with E-state index in [9.17, 15) is 0 Å². The molecule has 0 fully saturated rings. The van der Waals surface area contributed by atoms with Crippen molar-refractivity contribution in [3.8, 4) is 0 Å². The maximum atomic E-state index is 2.44. The van der Waals surface area contributed by atoms with Crippen LogP contribution in [-0.4, -0.2) is 67.2 Å². The summed E-state index contributed by atoms with van der Waals surface area (Å²) in [5, 5.41) is 0. The Hall–Kier alpha value is -0.120. The summed E-state index contributed by atoms with van der Waals surface area (Å²) in [6.45, 7) is 29.0. The number of rotatable bonds is 9. The zero-order valence-corrected chi connectivity index (χ0v) is 16.7. The van der Waals surface area contributed by atoms with Gasteiger partial charge in [-0.1, -0.05) is 76.2 Å². The number of hydrogen-bond donors (Lipinski definition) is 0. The molecule has 3 heteroatoms. The molecule has 0 saturated heterocycles. The Morgan fingerprint density at radius 2 is 0.591 bits per heavy atom. The van der Waals surface area contributed by atoms with E-state index in [-0.39, 0.29) is 7.43 Å². The Labute approximate surface area is 144 Å². The van der Waals surface area contributed by atoms with Crippen molar-refractivity contribution >= 4 is 0 Å². The van der Waals surface area contributed by atoms with Gasteiger partial charge < -0.3 is 4.90 Å². The molecule has 0 heterocycles. The normalized spacial score (nSPS) is 9.82. The molecule has 0 rings (SSSR count). The summed E-state index contributed by atoms with van der Waals surface area (Å²) in [4.78, 5) is 7.25. The highest BCUT2D eigenvalue weighted by Crippen LogP contribution is 1.92. The van der Waals surface area contributed by atoms with Crippen molar-refractivity contribution in [2.45, 2.75) is 76.2 Å². The maximum Gasteiger partial charge on any atom is 0.0505 e. The van der Waals surface area contributed by atoms with E-state index in [0.717, 1.165) is 32.8 Å². The summed E-state index contributed by atoms with van der Waals surface area (Å²) in [7, 11) is 0. The SMILES string of the molecule is C.CCC.CCN(CC)CC.CCN(CC)CN(CC)CC. The lowest BCUT2D eigenvalue weighted by Crippen LogP contribution is -2.37. The van der Waals surface area contributed by atoms with Crippen LogP contribution < -0.4 is 0 Å². The van der Waals surface area contributed by atoms with Gasteiger partial charge in [-0.25, -0.2) is 0 Å². The van der Waals surface area contributed by atoms with E-state index in [2.05, 4.69) is 77.0 Å². The second kappa shape index (κ2) is 25.8. The average molecular weight is 320 g/mol. The molecular weight excluding hydrogens is 270 g/mol. The molecule has 0 radical (unpaired) electrons. The van der Waals surface area contributed by atoms with Crippen molar-refractivity contribution in [1.29, 1.82) is 0 Å². The number of hydrogen-bond acceptors (Lipinski definition) is 3. The Morgan fingerprint density at radius 3 is 0.682 bits per heavy atom. The smallest absolute Gasteiger partial charge is 0.0505 e. The second-order valence-electron chi connectivity index (χ2n) is 5.07. The monoisotopic (exact) mass is 319 g/mol. The minimum absolute atomic E-state index is 0. The minimum Gasteiger partial charge on any atom is -0.304 e. The Kier molecular flexibility index (Phi) is 35.0. The van der Waals surface area contributed by atoms with Gasteiger partial charge in [0.2, 0.25) is 0 Å².